The minimum atomic E-state index is -5.04. The Bertz CT molecular complexity index is 1440. The second-order valence-electron chi connectivity index (χ2n) is 12.9. The van der Waals surface area contributed by atoms with E-state index in [1.54, 1.807) is 18.2 Å². The standard InChI is InChI=1S/C33H37F6NO5/c1-18(2)11-28(41)44-24-7-8-27(43-6)26(15-24)25-9-10-31(4,5)16-21(25)17-40-19(3)29(45-30(40)42)20-12-22(32(34,35)36)14-23(13-20)33(37,38)39/h7-8,12-15,18-19,29H,9-11,16-17H2,1-6H3/t19-,29-/m0/s1. The highest BCUT2D eigenvalue weighted by Crippen LogP contribution is 2.47. The van der Waals surface area contributed by atoms with Gasteiger partial charge in [-0.1, -0.05) is 27.7 Å². The highest BCUT2D eigenvalue weighted by Gasteiger charge is 2.44. The maximum absolute atomic E-state index is 13.5. The van der Waals surface area contributed by atoms with Crippen LogP contribution in [-0.4, -0.2) is 36.7 Å². The second-order valence-corrected chi connectivity index (χ2v) is 12.9. The van der Waals surface area contributed by atoms with Crippen molar-refractivity contribution in [3.63, 3.8) is 0 Å². The number of carbonyl (C=O) groups excluding carboxylic acids is 2. The number of carbonyl (C=O) groups is 2. The van der Waals surface area contributed by atoms with E-state index in [0.29, 0.717) is 42.0 Å². The molecular weight excluding hydrogens is 604 g/mol. The zero-order valence-corrected chi connectivity index (χ0v) is 26.0. The monoisotopic (exact) mass is 641 g/mol. The number of hydrogen-bond donors (Lipinski definition) is 0. The molecule has 1 aliphatic carbocycles. The van der Waals surface area contributed by atoms with E-state index in [9.17, 15) is 35.9 Å². The van der Waals surface area contributed by atoms with E-state index in [1.165, 1.54) is 18.9 Å². The molecule has 0 radical (unpaired) electrons. The predicted molar refractivity (Wildman–Crippen MR) is 154 cm³/mol. The zero-order chi connectivity index (χ0) is 33.5. The van der Waals surface area contributed by atoms with Gasteiger partial charge in [-0.2, -0.15) is 26.3 Å². The van der Waals surface area contributed by atoms with Crippen molar-refractivity contribution < 1.29 is 50.1 Å². The van der Waals surface area contributed by atoms with Crippen molar-refractivity contribution in [2.45, 2.75) is 84.8 Å². The van der Waals surface area contributed by atoms with Crippen molar-refractivity contribution in [3.05, 3.63) is 64.2 Å². The lowest BCUT2D eigenvalue weighted by molar-refractivity contribution is -0.143. The Morgan fingerprint density at radius 3 is 2.22 bits per heavy atom. The van der Waals surface area contributed by atoms with Crippen LogP contribution in [0.1, 0.15) is 88.7 Å². The minimum Gasteiger partial charge on any atom is -0.496 e. The van der Waals surface area contributed by atoms with E-state index in [4.69, 9.17) is 14.2 Å². The molecule has 4 rings (SSSR count). The zero-order valence-electron chi connectivity index (χ0n) is 26.0. The maximum Gasteiger partial charge on any atom is 0.416 e. The summed E-state index contributed by atoms with van der Waals surface area (Å²) in [5.41, 5.74) is -1.15. The van der Waals surface area contributed by atoms with Crippen LogP contribution in [0.15, 0.2) is 42.0 Å². The molecule has 1 saturated heterocycles. The largest absolute Gasteiger partial charge is 0.496 e. The van der Waals surface area contributed by atoms with Crippen LogP contribution in [0.5, 0.6) is 11.5 Å². The van der Waals surface area contributed by atoms with Crippen LogP contribution in [0, 0.1) is 11.3 Å². The fraction of sp³-hybridized carbons (Fsp3) is 0.515. The summed E-state index contributed by atoms with van der Waals surface area (Å²) in [4.78, 5) is 26.8. The van der Waals surface area contributed by atoms with Crippen LogP contribution in [0.4, 0.5) is 31.1 Å². The van der Waals surface area contributed by atoms with Gasteiger partial charge in [-0.3, -0.25) is 9.69 Å². The van der Waals surface area contributed by atoms with Crippen molar-refractivity contribution in [2.24, 2.45) is 11.3 Å². The van der Waals surface area contributed by atoms with Crippen molar-refractivity contribution in [1.82, 2.24) is 4.90 Å². The van der Waals surface area contributed by atoms with Crippen LogP contribution in [0.2, 0.25) is 0 Å². The van der Waals surface area contributed by atoms with E-state index in [-0.39, 0.29) is 36.3 Å². The van der Waals surface area contributed by atoms with Gasteiger partial charge in [0.1, 0.15) is 17.6 Å². The van der Waals surface area contributed by atoms with Gasteiger partial charge in [0, 0.05) is 18.5 Å². The van der Waals surface area contributed by atoms with Crippen LogP contribution < -0.4 is 9.47 Å². The lowest BCUT2D eigenvalue weighted by Crippen LogP contribution is -2.35. The second kappa shape index (κ2) is 12.6. The highest BCUT2D eigenvalue weighted by atomic mass is 19.4. The maximum atomic E-state index is 13.5. The normalized spacial score (nSPS) is 20.5. The van der Waals surface area contributed by atoms with Gasteiger partial charge in [0.05, 0.1) is 24.3 Å². The van der Waals surface area contributed by atoms with Crippen molar-refractivity contribution in [1.29, 1.82) is 0 Å². The molecule has 2 atom stereocenters. The molecule has 6 nitrogen and oxygen atoms in total. The first kappa shape index (κ1) is 34.2. The number of ether oxygens (including phenoxy) is 3. The molecule has 0 spiro atoms. The molecule has 2 aromatic rings. The van der Waals surface area contributed by atoms with Gasteiger partial charge in [0.25, 0.3) is 0 Å². The number of halogens is 6. The molecule has 2 aromatic carbocycles. The molecular formula is C33H37F6NO5. The van der Waals surface area contributed by atoms with E-state index in [1.807, 2.05) is 13.8 Å². The molecule has 0 N–H and O–H groups in total. The van der Waals surface area contributed by atoms with Crippen LogP contribution >= 0.6 is 0 Å². The molecule has 0 bridgehead atoms. The van der Waals surface area contributed by atoms with Crippen LogP contribution in [0.3, 0.4) is 0 Å². The molecule has 1 heterocycles. The van der Waals surface area contributed by atoms with Gasteiger partial charge in [-0.25, -0.2) is 4.79 Å². The lowest BCUT2D eigenvalue weighted by atomic mass is 9.72. The third-order valence-electron chi connectivity index (χ3n) is 8.16. The van der Waals surface area contributed by atoms with E-state index in [2.05, 4.69) is 13.8 Å². The summed E-state index contributed by atoms with van der Waals surface area (Å²) in [6, 6.07) is 5.38. The van der Waals surface area contributed by atoms with Crippen molar-refractivity contribution in [2.75, 3.05) is 13.7 Å². The Kier molecular flexibility index (Phi) is 9.57. The molecule has 45 heavy (non-hydrogen) atoms. The number of alkyl halides is 6. The average molecular weight is 642 g/mol. The lowest BCUT2D eigenvalue weighted by Gasteiger charge is -2.36. The Hall–Kier alpha value is -3.70. The van der Waals surface area contributed by atoms with Gasteiger partial charge in [0.2, 0.25) is 0 Å². The molecule has 1 aliphatic heterocycles. The van der Waals surface area contributed by atoms with Gasteiger partial charge in [-0.05, 0) is 90.6 Å². The quantitative estimate of drug-likeness (QED) is 0.163. The molecule has 1 fully saturated rings. The number of amides is 1. The number of cyclic esters (lactones) is 1. The number of methoxy groups -OCH3 is 1. The van der Waals surface area contributed by atoms with E-state index < -0.39 is 47.3 Å². The molecule has 1 amide bonds. The van der Waals surface area contributed by atoms with Gasteiger partial charge in [-0.15, -0.1) is 0 Å². The number of hydrogen-bond acceptors (Lipinski definition) is 5. The minimum absolute atomic E-state index is 0.0286. The van der Waals surface area contributed by atoms with Crippen LogP contribution in [-0.2, 0) is 21.9 Å². The molecule has 0 unspecified atom stereocenters. The SMILES string of the molecule is COc1ccc(OC(=O)CC(C)C)cc1C1=C(CN2C(=O)O[C@H](c3cc(C(F)(F)F)cc(C(F)(F)F)c3)[C@@H]2C)CC(C)(C)CC1. The third kappa shape index (κ3) is 7.94. The Morgan fingerprint density at radius 2 is 1.67 bits per heavy atom. The number of nitrogens with zero attached hydrogens (tertiary/aromatic N) is 1. The van der Waals surface area contributed by atoms with Crippen molar-refractivity contribution >= 4 is 17.6 Å². The first-order valence-electron chi connectivity index (χ1n) is 14.7. The summed E-state index contributed by atoms with van der Waals surface area (Å²) in [5, 5.41) is 0. The summed E-state index contributed by atoms with van der Waals surface area (Å²) < 4.78 is 97.9. The predicted octanol–water partition coefficient (Wildman–Crippen LogP) is 9.23. The molecule has 0 aromatic heterocycles. The topological polar surface area (TPSA) is 65.1 Å². The fourth-order valence-corrected chi connectivity index (χ4v) is 5.89. The Balaban J connectivity index is 1.72. The Labute approximate surface area is 258 Å². The number of esters is 1. The molecule has 0 saturated carbocycles. The third-order valence-corrected chi connectivity index (χ3v) is 8.16. The first-order chi connectivity index (χ1) is 20.8. The summed E-state index contributed by atoms with van der Waals surface area (Å²) >= 11 is 0. The smallest absolute Gasteiger partial charge is 0.416 e. The van der Waals surface area contributed by atoms with Crippen LogP contribution in [0.25, 0.3) is 5.57 Å². The van der Waals surface area contributed by atoms with Crippen molar-refractivity contribution in [3.8, 4) is 11.5 Å². The number of allylic oxidation sites excluding steroid dienone is 1. The highest BCUT2D eigenvalue weighted by molar-refractivity contribution is 5.78. The Morgan fingerprint density at radius 1 is 1.04 bits per heavy atom. The average Bonchev–Trinajstić information content (AvgIpc) is 3.19. The van der Waals surface area contributed by atoms with Gasteiger partial charge in [0.15, 0.2) is 0 Å². The van der Waals surface area contributed by atoms with E-state index in [0.717, 1.165) is 17.6 Å². The summed E-state index contributed by atoms with van der Waals surface area (Å²) in [6.45, 7) is 9.51. The van der Waals surface area contributed by atoms with E-state index >= 15 is 0 Å². The van der Waals surface area contributed by atoms with Gasteiger partial charge < -0.3 is 14.2 Å². The number of benzene rings is 2. The van der Waals surface area contributed by atoms with Gasteiger partial charge >= 0.3 is 24.4 Å². The summed E-state index contributed by atoms with van der Waals surface area (Å²) in [6.07, 6.45) is -10.1. The first-order valence-corrected chi connectivity index (χ1v) is 14.7. The molecule has 246 valence electrons. The number of rotatable bonds is 8. The molecule has 12 heteroatoms. The molecule has 2 aliphatic rings. The summed E-state index contributed by atoms with van der Waals surface area (Å²) in [7, 11) is 1.51. The summed E-state index contributed by atoms with van der Waals surface area (Å²) in [5.74, 6) is 0.562. The fourth-order valence-electron chi connectivity index (χ4n) is 5.89.